The zero-order valence-corrected chi connectivity index (χ0v) is 40.8. The zero-order valence-electron chi connectivity index (χ0n) is 40.8. The summed E-state index contributed by atoms with van der Waals surface area (Å²) in [5.41, 5.74) is 0. The number of ether oxygens (including phenoxy) is 3. The molecule has 0 aromatic heterocycles. The van der Waals surface area contributed by atoms with E-state index in [1.54, 1.807) is 0 Å². The van der Waals surface area contributed by atoms with Crippen LogP contribution in [-0.2, 0) is 28.6 Å². The van der Waals surface area contributed by atoms with Crippen LogP contribution in [0.2, 0.25) is 0 Å². The summed E-state index contributed by atoms with van der Waals surface area (Å²) in [7, 11) is 0. The Hall–Kier alpha value is -3.67. The normalized spacial score (nSPS) is 12.9. The van der Waals surface area contributed by atoms with Crippen molar-refractivity contribution in [3.05, 3.63) is 97.2 Å². The average Bonchev–Trinajstić information content (AvgIpc) is 3.28. The van der Waals surface area contributed by atoms with Gasteiger partial charge in [0.15, 0.2) is 6.10 Å². The lowest BCUT2D eigenvalue weighted by molar-refractivity contribution is -0.167. The van der Waals surface area contributed by atoms with Crippen LogP contribution in [0.4, 0.5) is 0 Å². The average molecular weight is 875 g/mol. The summed E-state index contributed by atoms with van der Waals surface area (Å²) in [4.78, 5) is 37.9. The second-order valence-corrected chi connectivity index (χ2v) is 16.8. The fraction of sp³-hybridized carbons (Fsp3) is 0.667. The van der Waals surface area contributed by atoms with E-state index in [4.69, 9.17) is 14.2 Å². The van der Waals surface area contributed by atoms with Crippen LogP contribution in [0.3, 0.4) is 0 Å². The second-order valence-electron chi connectivity index (χ2n) is 16.8. The van der Waals surface area contributed by atoms with Gasteiger partial charge < -0.3 is 14.2 Å². The Balaban J connectivity index is 4.45. The number of hydrogen-bond donors (Lipinski definition) is 0. The van der Waals surface area contributed by atoms with Gasteiger partial charge in [0.1, 0.15) is 13.2 Å². The molecule has 0 bridgehead atoms. The molecule has 0 aliphatic rings. The van der Waals surface area contributed by atoms with Crippen LogP contribution in [0.25, 0.3) is 0 Å². The maximum atomic E-state index is 12.8. The van der Waals surface area contributed by atoms with Gasteiger partial charge in [-0.25, -0.2) is 0 Å². The van der Waals surface area contributed by atoms with Gasteiger partial charge in [0.25, 0.3) is 0 Å². The first-order chi connectivity index (χ1) is 31.0. The van der Waals surface area contributed by atoms with Gasteiger partial charge in [-0.2, -0.15) is 0 Å². The van der Waals surface area contributed by atoms with E-state index in [2.05, 4.69) is 118 Å². The summed E-state index contributed by atoms with van der Waals surface area (Å²) >= 11 is 0. The molecule has 0 N–H and O–H groups in total. The van der Waals surface area contributed by atoms with E-state index >= 15 is 0 Å². The third-order valence-electron chi connectivity index (χ3n) is 10.7. The molecule has 1 atom stereocenters. The molecule has 63 heavy (non-hydrogen) atoms. The maximum Gasteiger partial charge on any atom is 0.306 e. The Bertz CT molecular complexity index is 1280. The van der Waals surface area contributed by atoms with Gasteiger partial charge in [0.05, 0.1) is 0 Å². The maximum absolute atomic E-state index is 12.8. The minimum Gasteiger partial charge on any atom is -0.462 e. The van der Waals surface area contributed by atoms with E-state index in [-0.39, 0.29) is 31.1 Å². The van der Waals surface area contributed by atoms with Crippen LogP contribution >= 0.6 is 0 Å². The minimum atomic E-state index is -0.810. The summed E-state index contributed by atoms with van der Waals surface area (Å²) in [6.45, 7) is 6.40. The first kappa shape index (κ1) is 59.3. The number of allylic oxidation sites excluding steroid dienone is 16. The largest absolute Gasteiger partial charge is 0.462 e. The summed E-state index contributed by atoms with van der Waals surface area (Å²) in [6.07, 6.45) is 66.9. The highest BCUT2D eigenvalue weighted by Gasteiger charge is 2.19. The van der Waals surface area contributed by atoms with Crippen LogP contribution in [-0.4, -0.2) is 37.2 Å². The molecular weight excluding hydrogens is 781 g/mol. The Kier molecular flexibility index (Phi) is 48.0. The topological polar surface area (TPSA) is 78.9 Å². The van der Waals surface area contributed by atoms with Crippen molar-refractivity contribution in [1.82, 2.24) is 0 Å². The fourth-order valence-corrected chi connectivity index (χ4v) is 6.78. The summed E-state index contributed by atoms with van der Waals surface area (Å²) < 4.78 is 16.7. The van der Waals surface area contributed by atoms with Crippen LogP contribution in [0, 0.1) is 0 Å². The van der Waals surface area contributed by atoms with E-state index in [0.29, 0.717) is 19.3 Å². The minimum absolute atomic E-state index is 0.108. The Morgan fingerprint density at radius 2 is 0.683 bits per heavy atom. The van der Waals surface area contributed by atoms with Crippen molar-refractivity contribution in [3.63, 3.8) is 0 Å². The summed E-state index contributed by atoms with van der Waals surface area (Å²) in [5, 5.41) is 0. The third kappa shape index (κ3) is 49.2. The van der Waals surface area contributed by atoms with Crippen molar-refractivity contribution in [2.24, 2.45) is 0 Å². The first-order valence-electron chi connectivity index (χ1n) is 25.8. The monoisotopic (exact) mass is 875 g/mol. The first-order valence-corrected chi connectivity index (χ1v) is 25.8. The Morgan fingerprint density at radius 3 is 1.11 bits per heavy atom. The lowest BCUT2D eigenvalue weighted by Crippen LogP contribution is -2.30. The van der Waals surface area contributed by atoms with Crippen molar-refractivity contribution in [3.8, 4) is 0 Å². The quantitative estimate of drug-likeness (QED) is 0.0199. The van der Waals surface area contributed by atoms with E-state index in [1.807, 2.05) is 0 Å². The van der Waals surface area contributed by atoms with Crippen LogP contribution in [0.1, 0.15) is 226 Å². The van der Waals surface area contributed by atoms with E-state index in [1.165, 1.54) is 64.2 Å². The van der Waals surface area contributed by atoms with Crippen molar-refractivity contribution < 1.29 is 28.6 Å². The highest BCUT2D eigenvalue weighted by atomic mass is 16.6. The van der Waals surface area contributed by atoms with Gasteiger partial charge in [-0.3, -0.25) is 14.4 Å². The molecule has 0 saturated carbocycles. The van der Waals surface area contributed by atoms with Gasteiger partial charge in [-0.15, -0.1) is 0 Å². The van der Waals surface area contributed by atoms with Crippen molar-refractivity contribution in [1.29, 1.82) is 0 Å². The van der Waals surface area contributed by atoms with Gasteiger partial charge in [-0.05, 0) is 96.3 Å². The van der Waals surface area contributed by atoms with Crippen LogP contribution < -0.4 is 0 Å². The lowest BCUT2D eigenvalue weighted by Gasteiger charge is -2.18. The van der Waals surface area contributed by atoms with E-state index in [9.17, 15) is 14.4 Å². The number of rotatable bonds is 45. The predicted octanol–water partition coefficient (Wildman–Crippen LogP) is 17.0. The second kappa shape index (κ2) is 51.0. The van der Waals surface area contributed by atoms with Gasteiger partial charge in [-0.1, -0.05) is 208 Å². The predicted molar refractivity (Wildman–Crippen MR) is 270 cm³/mol. The molecular formula is C57H94O6. The molecule has 0 amide bonds. The number of unbranched alkanes of at least 4 members (excludes halogenated alkanes) is 22. The highest BCUT2D eigenvalue weighted by Crippen LogP contribution is 2.13. The summed E-state index contributed by atoms with van der Waals surface area (Å²) in [6, 6.07) is 0. The molecule has 0 aromatic carbocycles. The molecule has 0 aliphatic heterocycles. The smallest absolute Gasteiger partial charge is 0.306 e. The molecule has 6 heteroatoms. The number of carbonyl (C=O) groups excluding carboxylic acids is 3. The molecule has 0 heterocycles. The van der Waals surface area contributed by atoms with Crippen molar-refractivity contribution in [2.75, 3.05) is 13.2 Å². The van der Waals surface area contributed by atoms with Gasteiger partial charge >= 0.3 is 17.9 Å². The molecule has 0 spiro atoms. The molecule has 0 radical (unpaired) electrons. The fourth-order valence-electron chi connectivity index (χ4n) is 6.78. The SMILES string of the molecule is CC/C=C\C/C=C\CCCCC(=O)OCC(COC(=O)CCCCCCC\C=C/C=C\C=C/CCCCCCC)OC(=O)CCCCCCC\C=C/C=C\C=C/CCCCCCC. The van der Waals surface area contributed by atoms with Crippen LogP contribution in [0.5, 0.6) is 0 Å². The number of esters is 3. The standard InChI is InChI=1S/C57H94O6/c1-4-7-10-13-16-19-21-23-25-27-29-31-33-35-38-41-44-47-50-56(59)62-53-54(52-61-55(58)49-46-43-40-37-18-15-12-9-6-3)63-57(60)51-48-45-42-39-36-34-32-30-28-26-24-22-20-17-14-11-8-5-2/h9,12,18,21-32,37,54H,4-8,10-11,13-17,19-20,33-36,38-53H2,1-3H3/b12-9-,23-21-,24-22-,27-25-,28-26-,31-29-,32-30-,37-18-. The summed E-state index contributed by atoms with van der Waals surface area (Å²) in [5.74, 6) is -0.988. The number of carbonyl (C=O) groups is 3. The highest BCUT2D eigenvalue weighted by molar-refractivity contribution is 5.71. The molecule has 1 unspecified atom stereocenters. The van der Waals surface area contributed by atoms with Crippen LogP contribution in [0.15, 0.2) is 97.2 Å². The van der Waals surface area contributed by atoms with Gasteiger partial charge in [0, 0.05) is 19.3 Å². The molecule has 6 nitrogen and oxygen atoms in total. The molecule has 0 saturated heterocycles. The molecule has 0 aliphatic carbocycles. The van der Waals surface area contributed by atoms with E-state index in [0.717, 1.165) is 122 Å². The Morgan fingerprint density at radius 1 is 0.349 bits per heavy atom. The van der Waals surface area contributed by atoms with E-state index < -0.39 is 6.10 Å². The van der Waals surface area contributed by atoms with Crippen molar-refractivity contribution in [2.45, 2.75) is 232 Å². The molecule has 0 fully saturated rings. The Labute approximate surface area is 387 Å². The van der Waals surface area contributed by atoms with Crippen molar-refractivity contribution >= 4 is 17.9 Å². The lowest BCUT2D eigenvalue weighted by atomic mass is 10.1. The molecule has 0 aromatic rings. The molecule has 0 rings (SSSR count). The molecule has 358 valence electrons. The number of hydrogen-bond acceptors (Lipinski definition) is 6. The zero-order chi connectivity index (χ0) is 45.8. The third-order valence-corrected chi connectivity index (χ3v) is 10.7. The van der Waals surface area contributed by atoms with Gasteiger partial charge in [0.2, 0.25) is 0 Å².